The zero-order valence-electron chi connectivity index (χ0n) is 17.0. The molecule has 0 saturated carbocycles. The smallest absolute Gasteiger partial charge is 0.302 e. The Balaban J connectivity index is 1.87. The molecule has 4 N–H and O–H groups in total. The molecule has 0 fully saturated rings. The fraction of sp³-hybridized carbons (Fsp3) is 0.238. The number of nitrogens with zero attached hydrogens (tertiary/aromatic N) is 2. The topological polar surface area (TPSA) is 137 Å². The van der Waals surface area contributed by atoms with Crippen molar-refractivity contribution in [3.05, 3.63) is 69.1 Å². The van der Waals surface area contributed by atoms with Gasteiger partial charge in [-0.1, -0.05) is 6.07 Å². The summed E-state index contributed by atoms with van der Waals surface area (Å²) in [6.07, 6.45) is 2.40. The largest absolute Gasteiger partial charge is 0.466 e. The minimum absolute atomic E-state index is 0.000155. The van der Waals surface area contributed by atoms with Crippen LogP contribution in [-0.4, -0.2) is 33.4 Å². The zero-order chi connectivity index (χ0) is 23.4. The lowest BCUT2D eigenvalue weighted by molar-refractivity contribution is -0.141. The molecule has 0 saturated heterocycles. The molecule has 0 spiro atoms. The maximum atomic E-state index is 13.8. The second kappa shape index (κ2) is 9.41. The van der Waals surface area contributed by atoms with Gasteiger partial charge in [-0.05, 0) is 30.5 Å². The minimum Gasteiger partial charge on any atom is -0.466 e. The van der Waals surface area contributed by atoms with E-state index in [1.54, 1.807) is 6.07 Å². The lowest BCUT2D eigenvalue weighted by Crippen LogP contribution is -2.34. The lowest BCUT2D eigenvalue weighted by Gasteiger charge is -2.12. The van der Waals surface area contributed by atoms with Gasteiger partial charge in [0, 0.05) is 36.7 Å². The number of esters is 1. The second-order valence-corrected chi connectivity index (χ2v) is 6.98. The standard InChI is InChI=1S/C21H20F2N4O5/c1-11(28)32-6-2-3-12-7-15-18(24)17(21(30)27(31)19(15)25-9-12)20(29)26-10-13-4-5-14(22)8-16(13)23/h4-5,7-9,31H,2-3,6,10,24H2,1H3,(H,26,29). The van der Waals surface area contributed by atoms with Gasteiger partial charge < -0.3 is 21.0 Å². The van der Waals surface area contributed by atoms with Crippen LogP contribution in [-0.2, 0) is 22.5 Å². The minimum atomic E-state index is -1.10. The maximum absolute atomic E-state index is 13.8. The Hall–Kier alpha value is -4.02. The molecule has 0 unspecified atom stereocenters. The zero-order valence-corrected chi connectivity index (χ0v) is 17.0. The summed E-state index contributed by atoms with van der Waals surface area (Å²) >= 11 is 0. The van der Waals surface area contributed by atoms with Crippen LogP contribution in [0.2, 0.25) is 0 Å². The number of carbonyl (C=O) groups excluding carboxylic acids is 2. The number of rotatable bonds is 7. The Morgan fingerprint density at radius 1 is 1.28 bits per heavy atom. The van der Waals surface area contributed by atoms with E-state index in [4.69, 9.17) is 10.5 Å². The number of aromatic nitrogens is 2. The van der Waals surface area contributed by atoms with Crippen LogP contribution < -0.4 is 16.6 Å². The number of pyridine rings is 2. The molecule has 2 heterocycles. The van der Waals surface area contributed by atoms with Crippen LogP contribution in [0.4, 0.5) is 14.5 Å². The Morgan fingerprint density at radius 2 is 2.03 bits per heavy atom. The first kappa shape index (κ1) is 22.7. The van der Waals surface area contributed by atoms with Crippen molar-refractivity contribution in [2.45, 2.75) is 26.3 Å². The van der Waals surface area contributed by atoms with E-state index in [0.29, 0.717) is 24.5 Å². The average Bonchev–Trinajstić information content (AvgIpc) is 2.74. The van der Waals surface area contributed by atoms with Crippen molar-refractivity contribution in [3.63, 3.8) is 0 Å². The van der Waals surface area contributed by atoms with Crippen LogP contribution >= 0.6 is 0 Å². The van der Waals surface area contributed by atoms with E-state index >= 15 is 0 Å². The summed E-state index contributed by atoms with van der Waals surface area (Å²) in [5, 5.41) is 12.7. The Bertz CT molecular complexity index is 1260. The number of carbonyl (C=O) groups is 2. The van der Waals surface area contributed by atoms with Gasteiger partial charge in [0.25, 0.3) is 11.5 Å². The maximum Gasteiger partial charge on any atom is 0.302 e. The highest BCUT2D eigenvalue weighted by Gasteiger charge is 2.22. The second-order valence-electron chi connectivity index (χ2n) is 6.98. The third-order valence-electron chi connectivity index (χ3n) is 4.69. The quantitative estimate of drug-likeness (QED) is 0.286. The molecule has 168 valence electrons. The predicted molar refractivity (Wildman–Crippen MR) is 110 cm³/mol. The van der Waals surface area contributed by atoms with Gasteiger partial charge in [-0.2, -0.15) is 0 Å². The average molecular weight is 446 g/mol. The molecule has 3 aromatic rings. The molecule has 0 aliphatic rings. The third-order valence-corrected chi connectivity index (χ3v) is 4.69. The molecule has 1 amide bonds. The first-order chi connectivity index (χ1) is 15.2. The van der Waals surface area contributed by atoms with Gasteiger partial charge in [0.15, 0.2) is 5.65 Å². The van der Waals surface area contributed by atoms with Crippen molar-refractivity contribution in [1.82, 2.24) is 15.0 Å². The number of fused-ring (bicyclic) bond motifs is 1. The van der Waals surface area contributed by atoms with E-state index in [1.807, 2.05) is 0 Å². The molecule has 0 aliphatic carbocycles. The van der Waals surface area contributed by atoms with Crippen molar-refractivity contribution < 1.29 is 28.3 Å². The van der Waals surface area contributed by atoms with Gasteiger partial charge in [-0.15, -0.1) is 4.73 Å². The van der Waals surface area contributed by atoms with Crippen LogP contribution in [0.25, 0.3) is 11.0 Å². The number of benzene rings is 1. The first-order valence-corrected chi connectivity index (χ1v) is 9.57. The number of halogens is 2. The summed E-state index contributed by atoms with van der Waals surface area (Å²) in [7, 11) is 0. The van der Waals surface area contributed by atoms with Gasteiger partial charge in [0.05, 0.1) is 12.3 Å². The van der Waals surface area contributed by atoms with Crippen LogP contribution in [0.15, 0.2) is 35.3 Å². The van der Waals surface area contributed by atoms with E-state index in [9.17, 15) is 28.4 Å². The highest BCUT2D eigenvalue weighted by molar-refractivity contribution is 6.05. The first-order valence-electron chi connectivity index (χ1n) is 9.57. The Morgan fingerprint density at radius 3 is 2.72 bits per heavy atom. The number of nitrogen functional groups attached to an aromatic ring is 1. The molecule has 32 heavy (non-hydrogen) atoms. The van der Waals surface area contributed by atoms with Crippen LogP contribution in [0.3, 0.4) is 0 Å². The molecular formula is C21H20F2N4O5. The van der Waals surface area contributed by atoms with Crippen molar-refractivity contribution >= 4 is 28.6 Å². The fourth-order valence-corrected chi connectivity index (χ4v) is 3.10. The van der Waals surface area contributed by atoms with Gasteiger partial charge in [-0.3, -0.25) is 14.4 Å². The molecule has 2 aromatic heterocycles. The molecule has 1 aromatic carbocycles. The third kappa shape index (κ3) is 4.82. The van der Waals surface area contributed by atoms with Crippen LogP contribution in [0, 0.1) is 11.6 Å². The number of ether oxygens (including phenoxy) is 1. The summed E-state index contributed by atoms with van der Waals surface area (Å²) in [5.41, 5.74) is 4.75. The molecule has 0 atom stereocenters. The molecule has 0 radical (unpaired) electrons. The molecular weight excluding hydrogens is 426 g/mol. The van der Waals surface area contributed by atoms with E-state index in [1.165, 1.54) is 13.1 Å². The Kier molecular flexibility index (Phi) is 6.67. The number of anilines is 1. The molecule has 9 nitrogen and oxygen atoms in total. The highest BCUT2D eigenvalue weighted by atomic mass is 19.1. The number of amides is 1. The summed E-state index contributed by atoms with van der Waals surface area (Å²) < 4.78 is 31.9. The van der Waals surface area contributed by atoms with Crippen molar-refractivity contribution in [1.29, 1.82) is 0 Å². The van der Waals surface area contributed by atoms with Crippen molar-refractivity contribution in [2.24, 2.45) is 0 Å². The summed E-state index contributed by atoms with van der Waals surface area (Å²) in [5.74, 6) is -2.97. The summed E-state index contributed by atoms with van der Waals surface area (Å²) in [6, 6.07) is 4.42. The number of nitrogens with two attached hydrogens (primary N) is 1. The molecule has 3 rings (SSSR count). The normalized spacial score (nSPS) is 10.8. The van der Waals surface area contributed by atoms with E-state index in [-0.39, 0.29) is 40.2 Å². The number of aryl methyl sites for hydroxylation is 1. The monoisotopic (exact) mass is 446 g/mol. The SMILES string of the molecule is CC(=O)OCCCc1cnc2c(c1)c(N)c(C(=O)NCc1ccc(F)cc1F)c(=O)n2O. The van der Waals surface area contributed by atoms with E-state index < -0.39 is 34.6 Å². The van der Waals surface area contributed by atoms with Gasteiger partial charge >= 0.3 is 5.97 Å². The lowest BCUT2D eigenvalue weighted by atomic mass is 10.1. The van der Waals surface area contributed by atoms with E-state index in [2.05, 4.69) is 10.3 Å². The molecule has 0 aliphatic heterocycles. The van der Waals surface area contributed by atoms with Gasteiger partial charge in [-0.25, -0.2) is 13.8 Å². The highest BCUT2D eigenvalue weighted by Crippen LogP contribution is 2.22. The number of nitrogens with one attached hydrogen (secondary N) is 1. The van der Waals surface area contributed by atoms with Crippen LogP contribution in [0.5, 0.6) is 0 Å². The van der Waals surface area contributed by atoms with E-state index in [0.717, 1.165) is 12.1 Å². The summed E-state index contributed by atoms with van der Waals surface area (Å²) in [4.78, 5) is 40.0. The Labute approximate surface area is 180 Å². The molecule has 0 bridgehead atoms. The van der Waals surface area contributed by atoms with Crippen molar-refractivity contribution in [2.75, 3.05) is 12.3 Å². The molecule has 11 heteroatoms. The number of hydrogen-bond donors (Lipinski definition) is 3. The summed E-state index contributed by atoms with van der Waals surface area (Å²) in [6.45, 7) is 1.17. The number of hydrogen-bond acceptors (Lipinski definition) is 7. The van der Waals surface area contributed by atoms with Gasteiger partial charge in [0.2, 0.25) is 0 Å². The van der Waals surface area contributed by atoms with Gasteiger partial charge in [0.1, 0.15) is 17.2 Å². The fourth-order valence-electron chi connectivity index (χ4n) is 3.10. The van der Waals surface area contributed by atoms with Crippen LogP contribution in [0.1, 0.15) is 34.8 Å². The predicted octanol–water partition coefficient (Wildman–Crippen LogP) is 1.92. The van der Waals surface area contributed by atoms with Crippen molar-refractivity contribution in [3.8, 4) is 0 Å².